The molecule has 2 saturated heterocycles. The highest BCUT2D eigenvalue weighted by Crippen LogP contribution is 2.25. The van der Waals surface area contributed by atoms with Crippen LogP contribution in [-0.2, 0) is 16.1 Å². The minimum atomic E-state index is -0.168. The van der Waals surface area contributed by atoms with Gasteiger partial charge in [-0.3, -0.25) is 9.59 Å². The number of rotatable bonds is 5. The van der Waals surface area contributed by atoms with Gasteiger partial charge >= 0.3 is 0 Å². The fourth-order valence-electron chi connectivity index (χ4n) is 3.91. The van der Waals surface area contributed by atoms with Gasteiger partial charge in [-0.25, -0.2) is 0 Å². The smallest absolute Gasteiger partial charge is 0.227 e. The summed E-state index contributed by atoms with van der Waals surface area (Å²) in [6.45, 7) is 5.89. The number of piperidine rings is 1. The van der Waals surface area contributed by atoms with E-state index >= 15 is 0 Å². The molecule has 1 aromatic rings. The van der Waals surface area contributed by atoms with Gasteiger partial charge in [-0.15, -0.1) is 0 Å². The van der Waals surface area contributed by atoms with E-state index in [9.17, 15) is 9.59 Å². The lowest BCUT2D eigenvalue weighted by Gasteiger charge is -2.33. The Hall–Kier alpha value is -1.88. The maximum absolute atomic E-state index is 12.8. The van der Waals surface area contributed by atoms with E-state index in [0.717, 1.165) is 38.0 Å². The van der Waals surface area contributed by atoms with Crippen LogP contribution in [-0.4, -0.2) is 54.8 Å². The Morgan fingerprint density at radius 3 is 2.52 bits per heavy atom. The summed E-state index contributed by atoms with van der Waals surface area (Å²) in [6.07, 6.45) is 2.47. The van der Waals surface area contributed by atoms with Crippen molar-refractivity contribution in [3.05, 3.63) is 35.4 Å². The lowest BCUT2D eigenvalue weighted by Crippen LogP contribution is -2.43. The van der Waals surface area contributed by atoms with E-state index in [0.29, 0.717) is 25.4 Å². The van der Waals surface area contributed by atoms with Crippen LogP contribution in [0.15, 0.2) is 24.3 Å². The van der Waals surface area contributed by atoms with E-state index in [1.807, 2.05) is 16.8 Å². The van der Waals surface area contributed by atoms with Crippen LogP contribution in [0.5, 0.6) is 0 Å². The Balaban J connectivity index is 1.53. The van der Waals surface area contributed by atoms with E-state index < -0.39 is 0 Å². The van der Waals surface area contributed by atoms with Gasteiger partial charge in [0.1, 0.15) is 0 Å². The van der Waals surface area contributed by atoms with Crippen LogP contribution >= 0.6 is 0 Å². The summed E-state index contributed by atoms with van der Waals surface area (Å²) in [4.78, 5) is 28.9. The number of carbonyl (C=O) groups excluding carboxylic acids is 2. The second kappa shape index (κ2) is 8.00. The van der Waals surface area contributed by atoms with Gasteiger partial charge in [-0.2, -0.15) is 0 Å². The summed E-state index contributed by atoms with van der Waals surface area (Å²) in [5.74, 6) is 0.766. The molecule has 5 heteroatoms. The monoisotopic (exact) mass is 343 g/mol. The second-order valence-corrected chi connectivity index (χ2v) is 7.49. The summed E-state index contributed by atoms with van der Waals surface area (Å²) in [5.41, 5.74) is 2.34. The molecule has 3 rings (SSSR count). The third-order valence-corrected chi connectivity index (χ3v) is 5.48. The van der Waals surface area contributed by atoms with Crippen molar-refractivity contribution in [1.82, 2.24) is 15.1 Å². The first kappa shape index (κ1) is 17.9. The molecular weight excluding hydrogens is 314 g/mol. The lowest BCUT2D eigenvalue weighted by molar-refractivity contribution is -0.137. The van der Waals surface area contributed by atoms with Gasteiger partial charge in [0, 0.05) is 32.6 Å². The SMILES string of the molecule is CNCC1CCN(C(=O)C2CC(=O)N(Cc3ccc(C)cc3)C2)CC1. The van der Waals surface area contributed by atoms with E-state index in [1.54, 1.807) is 0 Å². The highest BCUT2D eigenvalue weighted by atomic mass is 16.2. The van der Waals surface area contributed by atoms with Crippen LogP contribution in [0.3, 0.4) is 0 Å². The first-order valence-electron chi connectivity index (χ1n) is 9.33. The van der Waals surface area contributed by atoms with Gasteiger partial charge in [-0.1, -0.05) is 29.8 Å². The minimum Gasteiger partial charge on any atom is -0.342 e. The highest BCUT2D eigenvalue weighted by molar-refractivity contribution is 5.89. The number of nitrogens with one attached hydrogen (secondary N) is 1. The zero-order chi connectivity index (χ0) is 17.8. The van der Waals surface area contributed by atoms with Gasteiger partial charge in [0.15, 0.2) is 0 Å². The lowest BCUT2D eigenvalue weighted by atomic mass is 9.95. The zero-order valence-electron chi connectivity index (χ0n) is 15.3. The molecule has 25 heavy (non-hydrogen) atoms. The van der Waals surface area contributed by atoms with E-state index in [2.05, 4.69) is 36.5 Å². The van der Waals surface area contributed by atoms with Crippen LogP contribution in [0.4, 0.5) is 0 Å². The molecular formula is C20H29N3O2. The average molecular weight is 343 g/mol. The van der Waals surface area contributed by atoms with Crippen molar-refractivity contribution in [2.45, 2.75) is 32.7 Å². The zero-order valence-corrected chi connectivity index (χ0v) is 15.3. The molecule has 2 heterocycles. The third kappa shape index (κ3) is 4.40. The van der Waals surface area contributed by atoms with Crippen molar-refractivity contribution in [1.29, 1.82) is 0 Å². The van der Waals surface area contributed by atoms with Crippen molar-refractivity contribution in [3.63, 3.8) is 0 Å². The minimum absolute atomic E-state index is 0.101. The molecule has 1 N–H and O–H groups in total. The Labute approximate surface area is 150 Å². The molecule has 1 unspecified atom stereocenters. The molecule has 2 amide bonds. The Bertz CT molecular complexity index is 606. The van der Waals surface area contributed by atoms with Crippen molar-refractivity contribution in [2.75, 3.05) is 33.2 Å². The molecule has 1 aromatic carbocycles. The van der Waals surface area contributed by atoms with Gasteiger partial charge in [0.2, 0.25) is 11.8 Å². The summed E-state index contributed by atoms with van der Waals surface area (Å²) >= 11 is 0. The summed E-state index contributed by atoms with van der Waals surface area (Å²) < 4.78 is 0. The van der Waals surface area contributed by atoms with Crippen molar-refractivity contribution < 1.29 is 9.59 Å². The van der Waals surface area contributed by atoms with Gasteiger partial charge in [0.05, 0.1) is 5.92 Å². The molecule has 1 atom stereocenters. The van der Waals surface area contributed by atoms with Crippen molar-refractivity contribution in [2.24, 2.45) is 11.8 Å². The highest BCUT2D eigenvalue weighted by Gasteiger charge is 2.37. The van der Waals surface area contributed by atoms with Crippen LogP contribution in [0, 0.1) is 18.8 Å². The van der Waals surface area contributed by atoms with Gasteiger partial charge in [-0.05, 0) is 44.8 Å². The van der Waals surface area contributed by atoms with E-state index in [-0.39, 0.29) is 17.7 Å². The topological polar surface area (TPSA) is 52.7 Å². The maximum atomic E-state index is 12.8. The second-order valence-electron chi connectivity index (χ2n) is 7.49. The fourth-order valence-corrected chi connectivity index (χ4v) is 3.91. The first-order chi connectivity index (χ1) is 12.1. The normalized spacial score (nSPS) is 21.8. The van der Waals surface area contributed by atoms with Crippen LogP contribution < -0.4 is 5.32 Å². The van der Waals surface area contributed by atoms with E-state index in [4.69, 9.17) is 0 Å². The van der Waals surface area contributed by atoms with Crippen LogP contribution in [0.2, 0.25) is 0 Å². The quantitative estimate of drug-likeness (QED) is 0.887. The molecule has 0 aromatic heterocycles. The number of likely N-dealkylation sites (tertiary alicyclic amines) is 2. The number of hydrogen-bond donors (Lipinski definition) is 1. The van der Waals surface area contributed by atoms with Gasteiger partial charge in [0.25, 0.3) is 0 Å². The molecule has 2 aliphatic heterocycles. The van der Waals surface area contributed by atoms with Crippen LogP contribution in [0.1, 0.15) is 30.4 Å². The predicted molar refractivity (Wildman–Crippen MR) is 97.9 cm³/mol. The Kier molecular flexibility index (Phi) is 5.74. The number of benzene rings is 1. The fraction of sp³-hybridized carbons (Fsp3) is 0.600. The molecule has 2 fully saturated rings. The Morgan fingerprint density at radius 1 is 1.20 bits per heavy atom. The molecule has 0 aliphatic carbocycles. The Morgan fingerprint density at radius 2 is 1.88 bits per heavy atom. The molecule has 136 valence electrons. The summed E-state index contributed by atoms with van der Waals surface area (Å²) in [5, 5.41) is 3.22. The van der Waals surface area contributed by atoms with Crippen molar-refractivity contribution in [3.8, 4) is 0 Å². The molecule has 2 aliphatic rings. The van der Waals surface area contributed by atoms with Crippen molar-refractivity contribution >= 4 is 11.8 Å². The standard InChI is InChI=1S/C20H29N3O2/c1-15-3-5-17(6-4-15)13-23-14-18(11-19(23)24)20(25)22-9-7-16(8-10-22)12-21-2/h3-6,16,18,21H,7-14H2,1-2H3. The van der Waals surface area contributed by atoms with Crippen LogP contribution in [0.25, 0.3) is 0 Å². The predicted octanol–water partition coefficient (Wildman–Crippen LogP) is 1.80. The van der Waals surface area contributed by atoms with Gasteiger partial charge < -0.3 is 15.1 Å². The number of amides is 2. The molecule has 0 radical (unpaired) electrons. The number of carbonyl (C=O) groups is 2. The average Bonchev–Trinajstić information content (AvgIpc) is 2.98. The number of hydrogen-bond acceptors (Lipinski definition) is 3. The summed E-state index contributed by atoms with van der Waals surface area (Å²) in [7, 11) is 1.98. The largest absolute Gasteiger partial charge is 0.342 e. The molecule has 0 saturated carbocycles. The number of aryl methyl sites for hydroxylation is 1. The van der Waals surface area contributed by atoms with E-state index in [1.165, 1.54) is 5.56 Å². The molecule has 0 bridgehead atoms. The number of nitrogens with zero attached hydrogens (tertiary/aromatic N) is 2. The molecule has 5 nitrogen and oxygen atoms in total. The third-order valence-electron chi connectivity index (χ3n) is 5.48. The first-order valence-corrected chi connectivity index (χ1v) is 9.33. The molecule has 0 spiro atoms. The maximum Gasteiger partial charge on any atom is 0.227 e. The summed E-state index contributed by atoms with van der Waals surface area (Å²) in [6, 6.07) is 8.25.